The van der Waals surface area contributed by atoms with Crippen LogP contribution in [-0.2, 0) is 26.1 Å². The third-order valence-electron chi connectivity index (χ3n) is 5.96. The van der Waals surface area contributed by atoms with Gasteiger partial charge in [0.05, 0.1) is 34.4 Å². The van der Waals surface area contributed by atoms with Crippen molar-refractivity contribution in [3.05, 3.63) is 18.2 Å². The molecule has 1 N–H and O–H groups in total. The summed E-state index contributed by atoms with van der Waals surface area (Å²) in [7, 11) is -3.58. The van der Waals surface area contributed by atoms with Gasteiger partial charge in [-0.05, 0) is 44.9 Å². The van der Waals surface area contributed by atoms with Crippen molar-refractivity contribution in [1.82, 2.24) is 19.2 Å². The highest BCUT2D eigenvalue weighted by atomic mass is 32.2. The number of ether oxygens (including phenoxy) is 1. The first-order valence-electron chi connectivity index (χ1n) is 11.0. The number of nitrogens with one attached hydrogen (secondary N) is 1. The summed E-state index contributed by atoms with van der Waals surface area (Å²) in [6, 6.07) is 5.38. The van der Waals surface area contributed by atoms with E-state index in [1.165, 1.54) is 28.9 Å². The molecule has 1 aromatic heterocycles. The molecule has 2 aromatic rings. The second kappa shape index (κ2) is 9.48. The normalized spacial score (nSPS) is 19.7. The summed E-state index contributed by atoms with van der Waals surface area (Å²) in [5.41, 5.74) is 1.50. The minimum atomic E-state index is -3.58. The van der Waals surface area contributed by atoms with E-state index >= 15 is 0 Å². The number of nitrogens with zero attached hydrogens (tertiary/aromatic N) is 3. The average Bonchev–Trinajstić information content (AvgIpc) is 3.40. The third-order valence-corrected chi connectivity index (χ3v) is 8.95. The van der Waals surface area contributed by atoms with Crippen molar-refractivity contribution >= 4 is 38.7 Å². The minimum Gasteiger partial charge on any atom is -0.379 e. The molecule has 1 saturated heterocycles. The Balaban J connectivity index is 1.56. The molecule has 8 nitrogen and oxygen atoms in total. The lowest BCUT2D eigenvalue weighted by atomic mass is 10.2. The number of hydrogen-bond acceptors (Lipinski definition) is 6. The monoisotopic (exact) mass is 466 g/mol. The van der Waals surface area contributed by atoms with E-state index in [0.29, 0.717) is 38.4 Å². The summed E-state index contributed by atoms with van der Waals surface area (Å²) >= 11 is 1.42. The van der Waals surface area contributed by atoms with E-state index in [4.69, 9.17) is 9.72 Å². The molecule has 0 bridgehead atoms. The van der Waals surface area contributed by atoms with Gasteiger partial charge in [0.25, 0.3) is 0 Å². The smallest absolute Gasteiger partial charge is 0.243 e. The molecule has 1 aromatic carbocycles. The van der Waals surface area contributed by atoms with Gasteiger partial charge in [-0.3, -0.25) is 4.79 Å². The highest BCUT2D eigenvalue weighted by molar-refractivity contribution is 8.00. The van der Waals surface area contributed by atoms with Gasteiger partial charge in [-0.1, -0.05) is 24.6 Å². The van der Waals surface area contributed by atoms with Crippen LogP contribution < -0.4 is 5.32 Å². The molecule has 1 unspecified atom stereocenters. The number of benzene rings is 1. The van der Waals surface area contributed by atoms with E-state index < -0.39 is 10.0 Å². The van der Waals surface area contributed by atoms with Crippen molar-refractivity contribution in [3.63, 3.8) is 0 Å². The van der Waals surface area contributed by atoms with E-state index in [0.717, 1.165) is 23.5 Å². The molecular weight excluding hydrogens is 436 g/mol. The number of carbonyl (C=O) groups excluding carboxylic acids is 1. The molecule has 170 valence electrons. The van der Waals surface area contributed by atoms with Crippen molar-refractivity contribution in [1.29, 1.82) is 0 Å². The molecule has 31 heavy (non-hydrogen) atoms. The van der Waals surface area contributed by atoms with Crippen LogP contribution in [0.15, 0.2) is 28.3 Å². The lowest BCUT2D eigenvalue weighted by molar-refractivity contribution is -0.120. The van der Waals surface area contributed by atoms with Gasteiger partial charge >= 0.3 is 0 Å². The van der Waals surface area contributed by atoms with Crippen LogP contribution >= 0.6 is 11.8 Å². The molecule has 1 amide bonds. The quantitative estimate of drug-likeness (QED) is 0.631. The third kappa shape index (κ3) is 4.76. The number of hydrogen-bond donors (Lipinski definition) is 1. The predicted octanol–water partition coefficient (Wildman–Crippen LogP) is 2.62. The van der Waals surface area contributed by atoms with Gasteiger partial charge in [0, 0.05) is 25.7 Å². The lowest BCUT2D eigenvalue weighted by Gasteiger charge is -2.26. The van der Waals surface area contributed by atoms with Crippen LogP contribution in [0, 0.1) is 0 Å². The second-order valence-corrected chi connectivity index (χ2v) is 11.3. The van der Waals surface area contributed by atoms with E-state index in [-0.39, 0.29) is 22.1 Å². The van der Waals surface area contributed by atoms with Crippen LogP contribution in [0.25, 0.3) is 11.0 Å². The number of aryl methyl sites for hydroxylation is 1. The molecule has 1 aliphatic carbocycles. The topological polar surface area (TPSA) is 93.5 Å². The van der Waals surface area contributed by atoms with Crippen LogP contribution in [-0.4, -0.2) is 65.8 Å². The number of carbonyl (C=O) groups is 1. The Hall–Kier alpha value is -1.62. The van der Waals surface area contributed by atoms with Crippen molar-refractivity contribution in [2.45, 2.75) is 67.4 Å². The van der Waals surface area contributed by atoms with Crippen molar-refractivity contribution in [3.8, 4) is 0 Å². The maximum absolute atomic E-state index is 13.0. The minimum absolute atomic E-state index is 0.0298. The fourth-order valence-corrected chi connectivity index (χ4v) is 6.61. The zero-order valence-corrected chi connectivity index (χ0v) is 19.7. The Morgan fingerprint density at radius 2 is 2.00 bits per heavy atom. The first kappa shape index (κ1) is 22.6. The Bertz CT molecular complexity index is 1040. The van der Waals surface area contributed by atoms with Gasteiger partial charge in [0.1, 0.15) is 0 Å². The Morgan fingerprint density at radius 1 is 1.29 bits per heavy atom. The average molecular weight is 467 g/mol. The second-order valence-electron chi connectivity index (χ2n) is 8.06. The summed E-state index contributed by atoms with van der Waals surface area (Å²) in [5.74, 6) is 0.0298. The van der Waals surface area contributed by atoms with Gasteiger partial charge in [-0.25, -0.2) is 13.4 Å². The summed E-state index contributed by atoms with van der Waals surface area (Å²) < 4.78 is 34.8. The maximum Gasteiger partial charge on any atom is 0.243 e. The summed E-state index contributed by atoms with van der Waals surface area (Å²) in [4.78, 5) is 17.6. The Kier molecular flexibility index (Phi) is 6.90. The number of fused-ring (bicyclic) bond motifs is 1. The van der Waals surface area contributed by atoms with Gasteiger partial charge in [-0.2, -0.15) is 4.31 Å². The number of amides is 1. The molecule has 1 aliphatic heterocycles. The number of sulfonamides is 1. The van der Waals surface area contributed by atoms with Crippen LogP contribution in [0.3, 0.4) is 0 Å². The number of aromatic nitrogens is 2. The molecule has 0 spiro atoms. The molecule has 1 atom stereocenters. The molecule has 0 radical (unpaired) electrons. The Morgan fingerprint density at radius 3 is 2.68 bits per heavy atom. The largest absolute Gasteiger partial charge is 0.379 e. The Labute approximate surface area is 187 Å². The van der Waals surface area contributed by atoms with Crippen molar-refractivity contribution < 1.29 is 17.9 Å². The van der Waals surface area contributed by atoms with Crippen LogP contribution in [0.5, 0.6) is 0 Å². The number of imidazole rings is 1. The SMILES string of the molecule is CCn1c(SC(C)C(=O)NC2CCCC2)nc2cc(S(=O)(=O)N3CCOCC3)ccc21. The molecule has 2 fully saturated rings. The highest BCUT2D eigenvalue weighted by Gasteiger charge is 2.28. The van der Waals surface area contributed by atoms with E-state index in [2.05, 4.69) is 5.32 Å². The van der Waals surface area contributed by atoms with Crippen molar-refractivity contribution in [2.24, 2.45) is 0 Å². The molecule has 2 heterocycles. The summed E-state index contributed by atoms with van der Waals surface area (Å²) in [6.07, 6.45) is 4.45. The fraction of sp³-hybridized carbons (Fsp3) is 0.619. The zero-order chi connectivity index (χ0) is 22.0. The molecule has 10 heteroatoms. The van der Waals surface area contributed by atoms with Crippen molar-refractivity contribution in [2.75, 3.05) is 26.3 Å². The molecule has 1 saturated carbocycles. The van der Waals surface area contributed by atoms with E-state index in [1.54, 1.807) is 12.1 Å². The fourth-order valence-electron chi connectivity index (χ4n) is 4.18. The number of morpholine rings is 1. The van der Waals surface area contributed by atoms with E-state index in [9.17, 15) is 13.2 Å². The van der Waals surface area contributed by atoms with Crippen LogP contribution in [0.4, 0.5) is 0 Å². The van der Waals surface area contributed by atoms with Gasteiger partial charge in [0.15, 0.2) is 5.16 Å². The first-order valence-corrected chi connectivity index (χ1v) is 13.3. The first-order chi connectivity index (χ1) is 14.9. The summed E-state index contributed by atoms with van der Waals surface area (Å²) in [5, 5.41) is 3.59. The summed E-state index contributed by atoms with van der Waals surface area (Å²) in [6.45, 7) is 6.14. The molecule has 4 rings (SSSR count). The van der Waals surface area contributed by atoms with Crippen LogP contribution in [0.1, 0.15) is 39.5 Å². The number of thioether (sulfide) groups is 1. The molecule has 2 aliphatic rings. The molecular formula is C21H30N4O4S2. The lowest BCUT2D eigenvalue weighted by Crippen LogP contribution is -2.40. The number of rotatable bonds is 7. The van der Waals surface area contributed by atoms with E-state index in [1.807, 2.05) is 24.5 Å². The van der Waals surface area contributed by atoms with Gasteiger partial charge < -0.3 is 14.6 Å². The van der Waals surface area contributed by atoms with Gasteiger partial charge in [0.2, 0.25) is 15.9 Å². The maximum atomic E-state index is 13.0. The highest BCUT2D eigenvalue weighted by Crippen LogP contribution is 2.30. The standard InChI is InChI=1S/C21H30N4O4S2/c1-3-25-19-9-8-17(31(27,28)24-10-12-29-13-11-24)14-18(19)23-21(25)30-15(2)20(26)22-16-6-4-5-7-16/h8-9,14-16H,3-7,10-13H2,1-2H3,(H,22,26). The zero-order valence-electron chi connectivity index (χ0n) is 18.0. The van der Waals surface area contributed by atoms with Gasteiger partial charge in [-0.15, -0.1) is 0 Å². The van der Waals surface area contributed by atoms with Crippen LogP contribution in [0.2, 0.25) is 0 Å². The predicted molar refractivity (Wildman–Crippen MR) is 121 cm³/mol.